The van der Waals surface area contributed by atoms with Gasteiger partial charge >= 0.3 is 5.25 Å². The molecule has 0 aliphatic heterocycles. The van der Waals surface area contributed by atoms with Crippen molar-refractivity contribution in [2.75, 3.05) is 12.9 Å². The molecule has 0 aliphatic carbocycles. The minimum absolute atomic E-state index is 0.180. The number of rotatable bonds is 7. The van der Waals surface area contributed by atoms with E-state index in [-0.39, 0.29) is 17.9 Å². The van der Waals surface area contributed by atoms with Gasteiger partial charge in [-0.1, -0.05) is 30.7 Å². The molecule has 2 rings (SSSR count). The number of hydrogen-bond acceptors (Lipinski definition) is 4. The lowest BCUT2D eigenvalue weighted by Gasteiger charge is -2.39. The Morgan fingerprint density at radius 1 is 1.33 bits per heavy atom. The van der Waals surface area contributed by atoms with E-state index in [1.165, 1.54) is 31.4 Å². The summed E-state index contributed by atoms with van der Waals surface area (Å²) in [6, 6.07) is 5.14. The lowest BCUT2D eigenvalue weighted by molar-refractivity contribution is -0.162. The molecular weight excluding hydrogens is 336 g/mol. The summed E-state index contributed by atoms with van der Waals surface area (Å²) in [5, 5.41) is 0.305. The summed E-state index contributed by atoms with van der Waals surface area (Å²) < 4.78 is 49.2. The van der Waals surface area contributed by atoms with Gasteiger partial charge in [-0.15, -0.1) is 0 Å². The lowest BCUT2D eigenvalue weighted by atomic mass is 9.88. The molecular formula is C16H21F2N3O2S. The second-order valence-electron chi connectivity index (χ2n) is 5.59. The Morgan fingerprint density at radius 3 is 2.54 bits per heavy atom. The standard InChI is InChI=1S/C16H21F2N3O2S/c1-5-24(22)16(17,18)15(23-4,9-21-11-19-10-20-21)14-7-6-12(2)8-13(14)3/h6-8,10-11H,5,9H2,1-4H3. The first-order valence-electron chi connectivity index (χ1n) is 7.50. The quantitative estimate of drug-likeness (QED) is 0.765. The van der Waals surface area contributed by atoms with Crippen LogP contribution in [0.4, 0.5) is 8.78 Å². The van der Waals surface area contributed by atoms with Crippen molar-refractivity contribution in [2.24, 2.45) is 0 Å². The maximum absolute atomic E-state index is 15.2. The van der Waals surface area contributed by atoms with Crippen molar-refractivity contribution in [1.29, 1.82) is 0 Å². The van der Waals surface area contributed by atoms with E-state index in [2.05, 4.69) is 10.1 Å². The molecule has 0 spiro atoms. The topological polar surface area (TPSA) is 57.0 Å². The van der Waals surface area contributed by atoms with Gasteiger partial charge in [0, 0.05) is 12.9 Å². The van der Waals surface area contributed by atoms with Gasteiger partial charge in [0.25, 0.3) is 0 Å². The smallest absolute Gasteiger partial charge is 0.355 e. The number of aromatic nitrogens is 3. The summed E-state index contributed by atoms with van der Waals surface area (Å²) in [7, 11) is -1.20. The van der Waals surface area contributed by atoms with Crippen LogP contribution in [0.15, 0.2) is 30.9 Å². The number of hydrogen-bond donors (Lipinski definition) is 0. The Morgan fingerprint density at radius 2 is 2.04 bits per heavy atom. The summed E-state index contributed by atoms with van der Waals surface area (Å²) in [6.07, 6.45) is 2.60. The first-order chi connectivity index (χ1) is 11.3. The van der Waals surface area contributed by atoms with E-state index in [1.54, 1.807) is 25.1 Å². The van der Waals surface area contributed by atoms with Crippen LogP contribution in [0, 0.1) is 13.8 Å². The fraction of sp³-hybridized carbons (Fsp3) is 0.500. The normalized spacial score (nSPS) is 15.9. The third kappa shape index (κ3) is 3.12. The van der Waals surface area contributed by atoms with Crippen LogP contribution in [0.25, 0.3) is 0 Å². The maximum atomic E-state index is 15.2. The SMILES string of the molecule is CCS(=O)C(F)(F)C(Cn1cncn1)(OC)c1ccc(C)cc1C. The van der Waals surface area contributed by atoms with Crippen LogP contribution in [0.5, 0.6) is 0 Å². The van der Waals surface area contributed by atoms with Gasteiger partial charge in [0.15, 0.2) is 5.60 Å². The van der Waals surface area contributed by atoms with Gasteiger partial charge in [-0.3, -0.25) is 4.21 Å². The molecule has 0 saturated heterocycles. The van der Waals surface area contributed by atoms with Crippen LogP contribution in [0.2, 0.25) is 0 Å². The van der Waals surface area contributed by atoms with Gasteiger partial charge in [-0.2, -0.15) is 13.9 Å². The van der Waals surface area contributed by atoms with Gasteiger partial charge < -0.3 is 4.74 Å². The molecule has 0 bridgehead atoms. The number of benzene rings is 1. The lowest BCUT2D eigenvalue weighted by Crippen LogP contribution is -2.53. The van der Waals surface area contributed by atoms with Crippen molar-refractivity contribution in [3.63, 3.8) is 0 Å². The molecule has 1 aromatic carbocycles. The van der Waals surface area contributed by atoms with Crippen molar-refractivity contribution in [3.8, 4) is 0 Å². The number of halogens is 2. The Labute approximate surface area is 142 Å². The third-order valence-corrected chi connectivity index (χ3v) is 5.46. The number of nitrogens with zero attached hydrogens (tertiary/aromatic N) is 3. The van der Waals surface area contributed by atoms with Gasteiger partial charge in [0.1, 0.15) is 12.7 Å². The average molecular weight is 357 g/mol. The molecule has 24 heavy (non-hydrogen) atoms. The molecule has 8 heteroatoms. The second kappa shape index (κ2) is 7.06. The molecule has 0 saturated carbocycles. The number of ether oxygens (including phenoxy) is 1. The third-order valence-electron chi connectivity index (χ3n) is 4.03. The zero-order chi connectivity index (χ0) is 18.0. The Balaban J connectivity index is 2.69. The van der Waals surface area contributed by atoms with Crippen molar-refractivity contribution < 1.29 is 17.7 Å². The summed E-state index contributed by atoms with van der Waals surface area (Å²) in [5.41, 5.74) is -0.233. The molecule has 1 aromatic heterocycles. The summed E-state index contributed by atoms with van der Waals surface area (Å²) in [6.45, 7) is 4.78. The molecule has 0 radical (unpaired) electrons. The first kappa shape index (κ1) is 18.7. The van der Waals surface area contributed by atoms with Crippen molar-refractivity contribution in [2.45, 2.75) is 38.2 Å². The van der Waals surface area contributed by atoms with Crippen LogP contribution in [-0.2, 0) is 27.7 Å². The van der Waals surface area contributed by atoms with E-state index in [0.29, 0.717) is 5.56 Å². The Hall–Kier alpha value is -1.67. The maximum Gasteiger partial charge on any atom is 0.355 e. The number of aryl methyl sites for hydroxylation is 2. The van der Waals surface area contributed by atoms with Gasteiger partial charge in [-0.25, -0.2) is 9.67 Å². The molecule has 2 atom stereocenters. The van der Waals surface area contributed by atoms with E-state index < -0.39 is 21.7 Å². The van der Waals surface area contributed by atoms with E-state index >= 15 is 8.78 Å². The minimum atomic E-state index is -3.61. The summed E-state index contributed by atoms with van der Waals surface area (Å²) in [5.74, 6) is -0.180. The highest BCUT2D eigenvalue weighted by Crippen LogP contribution is 2.45. The van der Waals surface area contributed by atoms with Crippen LogP contribution in [0.1, 0.15) is 23.6 Å². The van der Waals surface area contributed by atoms with Crippen molar-refractivity contribution in [1.82, 2.24) is 14.8 Å². The van der Waals surface area contributed by atoms with Crippen molar-refractivity contribution in [3.05, 3.63) is 47.5 Å². The molecule has 132 valence electrons. The average Bonchev–Trinajstić information content (AvgIpc) is 3.04. The molecule has 0 fully saturated rings. The van der Waals surface area contributed by atoms with E-state index in [4.69, 9.17) is 4.74 Å². The van der Waals surface area contributed by atoms with E-state index in [9.17, 15) is 4.21 Å². The highest BCUT2D eigenvalue weighted by molar-refractivity contribution is 7.86. The van der Waals surface area contributed by atoms with E-state index in [1.807, 2.05) is 6.92 Å². The van der Waals surface area contributed by atoms with Crippen molar-refractivity contribution >= 4 is 10.8 Å². The predicted octanol–water partition coefficient (Wildman–Crippen LogP) is 2.80. The molecule has 1 heterocycles. The number of alkyl halides is 2. The molecule has 2 aromatic rings. The van der Waals surface area contributed by atoms with Gasteiger partial charge in [0.05, 0.1) is 17.3 Å². The second-order valence-corrected chi connectivity index (χ2v) is 7.37. The molecule has 2 unspecified atom stereocenters. The summed E-state index contributed by atoms with van der Waals surface area (Å²) >= 11 is 0. The number of methoxy groups -OCH3 is 1. The Kier molecular flexibility index (Phi) is 5.49. The first-order valence-corrected chi connectivity index (χ1v) is 8.82. The monoisotopic (exact) mass is 357 g/mol. The van der Waals surface area contributed by atoms with E-state index in [0.717, 1.165) is 5.56 Å². The largest absolute Gasteiger partial charge is 0.364 e. The van der Waals surface area contributed by atoms with Gasteiger partial charge in [-0.05, 0) is 25.0 Å². The highest BCUT2D eigenvalue weighted by Gasteiger charge is 2.60. The zero-order valence-corrected chi connectivity index (χ0v) is 14.9. The fourth-order valence-corrected chi connectivity index (χ4v) is 3.79. The van der Waals surface area contributed by atoms with Crippen LogP contribution in [-0.4, -0.2) is 37.1 Å². The van der Waals surface area contributed by atoms with Crippen LogP contribution < -0.4 is 0 Å². The highest BCUT2D eigenvalue weighted by atomic mass is 32.2. The molecule has 0 N–H and O–H groups in total. The van der Waals surface area contributed by atoms with Crippen LogP contribution >= 0.6 is 0 Å². The molecule has 0 aliphatic rings. The minimum Gasteiger partial charge on any atom is -0.364 e. The molecule has 5 nitrogen and oxygen atoms in total. The molecule has 0 amide bonds. The fourth-order valence-electron chi connectivity index (χ4n) is 2.80. The summed E-state index contributed by atoms with van der Waals surface area (Å²) in [4.78, 5) is 3.79. The zero-order valence-electron chi connectivity index (χ0n) is 14.1. The van der Waals surface area contributed by atoms with Gasteiger partial charge in [0.2, 0.25) is 0 Å². The van der Waals surface area contributed by atoms with Crippen LogP contribution in [0.3, 0.4) is 0 Å². The Bertz CT molecular complexity index is 722. The predicted molar refractivity (Wildman–Crippen MR) is 88.3 cm³/mol.